The molecule has 1 aromatic carbocycles. The summed E-state index contributed by atoms with van der Waals surface area (Å²) in [7, 11) is 0. The van der Waals surface area contributed by atoms with Crippen molar-refractivity contribution in [3.05, 3.63) is 35.1 Å². The van der Waals surface area contributed by atoms with Crippen molar-refractivity contribution < 1.29 is 9.18 Å². The molecule has 1 heterocycles. The van der Waals surface area contributed by atoms with Crippen molar-refractivity contribution in [1.29, 1.82) is 0 Å². The van der Waals surface area contributed by atoms with Crippen LogP contribution in [-0.4, -0.2) is 18.9 Å². The highest BCUT2D eigenvalue weighted by molar-refractivity contribution is 5.87. The third-order valence-corrected chi connectivity index (χ3v) is 3.93. The van der Waals surface area contributed by atoms with Crippen molar-refractivity contribution in [2.75, 3.05) is 13.1 Å². The number of halogens is 1. The second-order valence-corrected chi connectivity index (χ2v) is 5.51. The van der Waals surface area contributed by atoms with E-state index in [-0.39, 0.29) is 17.0 Å². The van der Waals surface area contributed by atoms with Crippen molar-refractivity contribution in [3.8, 4) is 0 Å². The predicted molar refractivity (Wildman–Crippen MR) is 70.1 cm³/mol. The summed E-state index contributed by atoms with van der Waals surface area (Å²) in [6.07, 6.45) is 2.40. The Labute approximate surface area is 108 Å². The summed E-state index contributed by atoms with van der Waals surface area (Å²) in [6, 6.07) is 4.64. The summed E-state index contributed by atoms with van der Waals surface area (Å²) in [4.78, 5) is 12.4. The van der Waals surface area contributed by atoms with Gasteiger partial charge in [0, 0.05) is 18.4 Å². The van der Waals surface area contributed by atoms with Gasteiger partial charge in [0.05, 0.1) is 0 Å². The Morgan fingerprint density at radius 3 is 2.89 bits per heavy atom. The van der Waals surface area contributed by atoms with Gasteiger partial charge in [0.2, 0.25) is 0 Å². The lowest BCUT2D eigenvalue weighted by molar-refractivity contribution is -0.128. The van der Waals surface area contributed by atoms with Crippen LogP contribution in [0.3, 0.4) is 0 Å². The molecule has 1 atom stereocenters. The van der Waals surface area contributed by atoms with Crippen LogP contribution in [0.2, 0.25) is 0 Å². The number of ketones is 1. The molecule has 1 aliphatic heterocycles. The zero-order valence-corrected chi connectivity index (χ0v) is 11.1. The highest BCUT2D eigenvalue weighted by Crippen LogP contribution is 2.28. The molecular formula is C15H20FNO. The Hall–Kier alpha value is -1.22. The Bertz CT molecular complexity index is 450. The minimum atomic E-state index is -0.265. The largest absolute Gasteiger partial charge is 0.316 e. The number of nitrogens with one attached hydrogen (secondary N) is 1. The Morgan fingerprint density at radius 1 is 1.50 bits per heavy atom. The number of carbonyl (C=O) groups is 1. The van der Waals surface area contributed by atoms with Crippen LogP contribution >= 0.6 is 0 Å². The second-order valence-electron chi connectivity index (χ2n) is 5.51. The second kappa shape index (κ2) is 5.19. The quantitative estimate of drug-likeness (QED) is 0.892. The molecular weight excluding hydrogens is 229 g/mol. The van der Waals surface area contributed by atoms with Crippen molar-refractivity contribution in [2.24, 2.45) is 5.41 Å². The minimum Gasteiger partial charge on any atom is -0.316 e. The van der Waals surface area contributed by atoms with E-state index in [0.717, 1.165) is 37.1 Å². The summed E-state index contributed by atoms with van der Waals surface area (Å²) in [5.74, 6) is 0.0126. The molecule has 98 valence electrons. The van der Waals surface area contributed by atoms with E-state index in [1.165, 1.54) is 12.1 Å². The molecule has 2 rings (SSSR count). The molecule has 0 saturated carbocycles. The van der Waals surface area contributed by atoms with E-state index in [4.69, 9.17) is 0 Å². The molecule has 0 aliphatic carbocycles. The van der Waals surface area contributed by atoms with Gasteiger partial charge in [0.15, 0.2) is 0 Å². The van der Waals surface area contributed by atoms with Crippen molar-refractivity contribution in [2.45, 2.75) is 33.1 Å². The van der Waals surface area contributed by atoms with E-state index < -0.39 is 0 Å². The fraction of sp³-hybridized carbons (Fsp3) is 0.533. The van der Waals surface area contributed by atoms with Gasteiger partial charge in [0.25, 0.3) is 0 Å². The lowest BCUT2D eigenvalue weighted by Crippen LogP contribution is -2.44. The standard InChI is InChI=1S/C15H20FNO/c1-11-8-13(16)5-4-12(11)9-14(18)15(2)6-3-7-17-10-15/h4-5,8,17H,3,6-7,9-10H2,1-2H3. The number of hydrogen-bond donors (Lipinski definition) is 1. The van der Waals surface area contributed by atoms with Gasteiger partial charge >= 0.3 is 0 Å². The summed E-state index contributed by atoms with van der Waals surface area (Å²) in [6.45, 7) is 5.64. The first-order valence-electron chi connectivity index (χ1n) is 6.50. The number of carbonyl (C=O) groups excluding carboxylic acids is 1. The third kappa shape index (κ3) is 2.78. The smallest absolute Gasteiger partial charge is 0.144 e. The van der Waals surface area contributed by atoms with Crippen LogP contribution in [-0.2, 0) is 11.2 Å². The lowest BCUT2D eigenvalue weighted by atomic mass is 9.76. The van der Waals surface area contributed by atoms with E-state index in [0.29, 0.717) is 6.42 Å². The number of Topliss-reactive ketones (excluding diaryl/α,β-unsaturated/α-hetero) is 1. The van der Waals surface area contributed by atoms with Crippen LogP contribution in [0.4, 0.5) is 4.39 Å². The maximum Gasteiger partial charge on any atom is 0.144 e. The number of benzene rings is 1. The van der Waals surface area contributed by atoms with Gasteiger partial charge < -0.3 is 5.32 Å². The summed E-state index contributed by atoms with van der Waals surface area (Å²) >= 11 is 0. The molecule has 0 bridgehead atoms. The van der Waals surface area contributed by atoms with Gasteiger partial charge in [-0.05, 0) is 49.6 Å². The normalized spacial score (nSPS) is 23.9. The summed E-state index contributed by atoms with van der Waals surface area (Å²) < 4.78 is 13.0. The Kier molecular flexibility index (Phi) is 3.81. The number of piperidine rings is 1. The molecule has 0 radical (unpaired) electrons. The maximum absolute atomic E-state index is 13.0. The molecule has 18 heavy (non-hydrogen) atoms. The zero-order valence-electron chi connectivity index (χ0n) is 11.1. The van der Waals surface area contributed by atoms with Crippen LogP contribution in [0, 0.1) is 18.2 Å². The van der Waals surface area contributed by atoms with Crippen molar-refractivity contribution >= 4 is 5.78 Å². The summed E-state index contributed by atoms with van der Waals surface area (Å²) in [5.41, 5.74) is 1.53. The van der Waals surface area contributed by atoms with E-state index in [1.54, 1.807) is 6.07 Å². The fourth-order valence-electron chi connectivity index (χ4n) is 2.54. The number of rotatable bonds is 3. The first-order chi connectivity index (χ1) is 8.51. The molecule has 1 N–H and O–H groups in total. The lowest BCUT2D eigenvalue weighted by Gasteiger charge is -2.32. The molecule has 1 fully saturated rings. The molecule has 2 nitrogen and oxygen atoms in total. The van der Waals surface area contributed by atoms with Crippen molar-refractivity contribution in [1.82, 2.24) is 5.32 Å². The van der Waals surface area contributed by atoms with Crippen LogP contribution in [0.1, 0.15) is 30.9 Å². The highest BCUT2D eigenvalue weighted by atomic mass is 19.1. The van der Waals surface area contributed by atoms with Gasteiger partial charge in [-0.2, -0.15) is 0 Å². The van der Waals surface area contributed by atoms with E-state index >= 15 is 0 Å². The third-order valence-electron chi connectivity index (χ3n) is 3.93. The van der Waals surface area contributed by atoms with Gasteiger partial charge in [-0.1, -0.05) is 13.0 Å². The van der Waals surface area contributed by atoms with Crippen LogP contribution in [0.5, 0.6) is 0 Å². The average molecular weight is 249 g/mol. The van der Waals surface area contributed by atoms with Gasteiger partial charge in [-0.15, -0.1) is 0 Å². The monoisotopic (exact) mass is 249 g/mol. The first kappa shape index (κ1) is 13.2. The minimum absolute atomic E-state index is 0.241. The van der Waals surface area contributed by atoms with E-state index in [9.17, 15) is 9.18 Å². The molecule has 0 amide bonds. The molecule has 1 saturated heterocycles. The van der Waals surface area contributed by atoms with Gasteiger partial charge in [-0.3, -0.25) is 4.79 Å². The van der Waals surface area contributed by atoms with Crippen LogP contribution < -0.4 is 5.32 Å². The zero-order chi connectivity index (χ0) is 13.2. The summed E-state index contributed by atoms with van der Waals surface area (Å²) in [5, 5.41) is 3.28. The molecule has 1 unspecified atom stereocenters. The Balaban J connectivity index is 2.11. The number of aryl methyl sites for hydroxylation is 1. The molecule has 1 aromatic rings. The van der Waals surface area contributed by atoms with Crippen molar-refractivity contribution in [3.63, 3.8) is 0 Å². The predicted octanol–water partition coefficient (Wildman–Crippen LogP) is 2.64. The molecule has 0 spiro atoms. The van der Waals surface area contributed by atoms with Crippen LogP contribution in [0.15, 0.2) is 18.2 Å². The molecule has 1 aliphatic rings. The van der Waals surface area contributed by atoms with Gasteiger partial charge in [0.1, 0.15) is 11.6 Å². The first-order valence-corrected chi connectivity index (χ1v) is 6.50. The Morgan fingerprint density at radius 2 is 2.28 bits per heavy atom. The maximum atomic E-state index is 13.0. The highest BCUT2D eigenvalue weighted by Gasteiger charge is 2.34. The molecule has 3 heteroatoms. The van der Waals surface area contributed by atoms with E-state index in [1.807, 2.05) is 13.8 Å². The van der Waals surface area contributed by atoms with Gasteiger partial charge in [-0.25, -0.2) is 4.39 Å². The molecule has 0 aromatic heterocycles. The number of hydrogen-bond acceptors (Lipinski definition) is 2. The average Bonchev–Trinajstić information content (AvgIpc) is 2.33. The van der Waals surface area contributed by atoms with E-state index in [2.05, 4.69) is 5.32 Å². The SMILES string of the molecule is Cc1cc(F)ccc1CC(=O)C1(C)CCCNC1. The topological polar surface area (TPSA) is 29.1 Å². The van der Waals surface area contributed by atoms with Crippen LogP contribution in [0.25, 0.3) is 0 Å². The fourth-order valence-corrected chi connectivity index (χ4v) is 2.54.